The summed E-state index contributed by atoms with van der Waals surface area (Å²) in [6, 6.07) is 4.43. The molecule has 1 N–H and O–H groups in total. The molecule has 1 aliphatic heterocycles. The summed E-state index contributed by atoms with van der Waals surface area (Å²) in [5.41, 5.74) is 0.529. The molecule has 0 aromatic heterocycles. The molecule has 1 heterocycles. The maximum atomic E-state index is 13.4. The molecule has 190 valence electrons. The van der Waals surface area contributed by atoms with Crippen LogP contribution in [-0.4, -0.2) is 82.3 Å². The summed E-state index contributed by atoms with van der Waals surface area (Å²) in [5, 5.41) is 0. The van der Waals surface area contributed by atoms with Crippen LogP contribution < -0.4 is 9.46 Å². The maximum Gasteiger partial charge on any atom is 0.257 e. The number of benzene rings is 1. The molecule has 1 saturated carbocycles. The highest BCUT2D eigenvalue weighted by molar-refractivity contribution is 7.92. The monoisotopic (exact) mass is 495 g/mol. The highest BCUT2D eigenvalue weighted by Gasteiger charge is 2.34. The molecule has 1 aromatic carbocycles. The Bertz CT molecular complexity index is 992. The number of amides is 2. The van der Waals surface area contributed by atoms with E-state index in [1.807, 2.05) is 18.7 Å². The Morgan fingerprint density at radius 3 is 2.47 bits per heavy atom. The Labute approximate surface area is 202 Å². The number of rotatable bonds is 4. The number of sulfonamides is 1. The molecule has 0 bridgehead atoms. The van der Waals surface area contributed by atoms with Gasteiger partial charge in [0.1, 0.15) is 12.4 Å². The summed E-state index contributed by atoms with van der Waals surface area (Å²) in [7, 11) is -0.216. The number of hydrogen-bond donors (Lipinski definition) is 1. The van der Waals surface area contributed by atoms with Crippen molar-refractivity contribution in [2.24, 2.45) is 11.8 Å². The minimum absolute atomic E-state index is 0.00909. The van der Waals surface area contributed by atoms with Crippen LogP contribution in [0.1, 0.15) is 49.9 Å². The van der Waals surface area contributed by atoms with Gasteiger partial charge in [0, 0.05) is 44.8 Å². The Morgan fingerprint density at radius 2 is 1.85 bits per heavy atom. The van der Waals surface area contributed by atoms with Crippen LogP contribution in [0.4, 0.5) is 5.69 Å². The maximum absolute atomic E-state index is 13.4. The first-order chi connectivity index (χ1) is 16.0. The lowest BCUT2D eigenvalue weighted by Crippen LogP contribution is -2.50. The summed E-state index contributed by atoms with van der Waals surface area (Å²) in [5.74, 6) is 0.242. The number of hydrogen-bond acceptors (Lipinski definition) is 6. The fourth-order valence-corrected chi connectivity index (χ4v) is 5.32. The average Bonchev–Trinajstić information content (AvgIpc) is 3.32. The summed E-state index contributed by atoms with van der Waals surface area (Å²) in [6.45, 7) is 5.04. The first-order valence-corrected chi connectivity index (χ1v) is 13.7. The van der Waals surface area contributed by atoms with Gasteiger partial charge in [0.2, 0.25) is 15.9 Å². The summed E-state index contributed by atoms with van der Waals surface area (Å²) < 4.78 is 37.6. The van der Waals surface area contributed by atoms with Crippen molar-refractivity contribution in [3.05, 3.63) is 23.8 Å². The van der Waals surface area contributed by atoms with Gasteiger partial charge in [-0.3, -0.25) is 14.3 Å². The van der Waals surface area contributed by atoms with Crippen molar-refractivity contribution >= 4 is 27.5 Å². The van der Waals surface area contributed by atoms with E-state index in [4.69, 9.17) is 9.47 Å². The Balaban J connectivity index is 1.96. The van der Waals surface area contributed by atoms with E-state index >= 15 is 0 Å². The molecule has 1 aromatic rings. The number of likely N-dealkylation sites (N-methyl/N-ethyl adjacent to an activating group) is 1. The Kier molecular flexibility index (Phi) is 8.46. The highest BCUT2D eigenvalue weighted by atomic mass is 32.2. The molecule has 3 rings (SSSR count). The fraction of sp³-hybridized carbons (Fsp3) is 0.667. The lowest BCUT2D eigenvalue weighted by atomic mass is 9.99. The Morgan fingerprint density at radius 1 is 1.18 bits per heavy atom. The summed E-state index contributed by atoms with van der Waals surface area (Å²) in [4.78, 5) is 30.2. The zero-order valence-electron chi connectivity index (χ0n) is 20.7. The van der Waals surface area contributed by atoms with Gasteiger partial charge in [0.15, 0.2) is 0 Å². The van der Waals surface area contributed by atoms with E-state index in [0.29, 0.717) is 18.8 Å². The van der Waals surface area contributed by atoms with Crippen molar-refractivity contribution in [3.63, 3.8) is 0 Å². The van der Waals surface area contributed by atoms with Crippen LogP contribution in [0.25, 0.3) is 0 Å². The molecule has 34 heavy (non-hydrogen) atoms. The van der Waals surface area contributed by atoms with Gasteiger partial charge in [-0.1, -0.05) is 19.8 Å². The summed E-state index contributed by atoms with van der Waals surface area (Å²) in [6.07, 6.45) is 4.77. The van der Waals surface area contributed by atoms with Crippen LogP contribution in [-0.2, 0) is 19.6 Å². The van der Waals surface area contributed by atoms with Crippen LogP contribution in [0.5, 0.6) is 5.75 Å². The molecule has 0 unspecified atom stereocenters. The molecule has 2 aliphatic rings. The van der Waals surface area contributed by atoms with E-state index < -0.39 is 10.0 Å². The second-order valence-corrected chi connectivity index (χ2v) is 11.4. The van der Waals surface area contributed by atoms with Gasteiger partial charge >= 0.3 is 0 Å². The van der Waals surface area contributed by atoms with Crippen molar-refractivity contribution in [2.75, 3.05) is 44.8 Å². The second-order valence-electron chi connectivity index (χ2n) is 9.65. The summed E-state index contributed by atoms with van der Waals surface area (Å²) >= 11 is 0. The van der Waals surface area contributed by atoms with Gasteiger partial charge in [-0.2, -0.15) is 0 Å². The van der Waals surface area contributed by atoms with Crippen molar-refractivity contribution < 1.29 is 27.5 Å². The highest BCUT2D eigenvalue weighted by Crippen LogP contribution is 2.30. The molecule has 2 amide bonds. The molecule has 0 radical (unpaired) electrons. The minimum Gasteiger partial charge on any atom is -0.491 e. The van der Waals surface area contributed by atoms with Crippen LogP contribution in [0.3, 0.4) is 0 Å². The standard InChI is InChI=1S/C24H37N3O6S/c1-16-13-27(23(28)18-8-6-7-9-18)17(2)15-33-21-11-10-19(25-34(5,30)31)12-20(21)24(29)26(3)14-22(16)32-4/h10-12,16-18,22,25H,6-9,13-15H2,1-5H3/t16-,17+,22+/m1/s1. The van der Waals surface area contributed by atoms with Crippen molar-refractivity contribution in [1.29, 1.82) is 0 Å². The predicted molar refractivity (Wildman–Crippen MR) is 130 cm³/mol. The molecule has 0 spiro atoms. The Hall–Kier alpha value is -2.33. The van der Waals surface area contributed by atoms with E-state index in [2.05, 4.69) is 4.72 Å². The second kappa shape index (κ2) is 10.9. The van der Waals surface area contributed by atoms with Gasteiger partial charge in [0.05, 0.1) is 24.0 Å². The number of fused-ring (bicyclic) bond motifs is 1. The topological polar surface area (TPSA) is 105 Å². The number of ether oxygens (including phenoxy) is 2. The first-order valence-electron chi connectivity index (χ1n) is 11.8. The van der Waals surface area contributed by atoms with Gasteiger partial charge < -0.3 is 19.3 Å². The number of methoxy groups -OCH3 is 1. The molecule has 3 atom stereocenters. The van der Waals surface area contributed by atoms with Gasteiger partial charge in [0.25, 0.3) is 5.91 Å². The van der Waals surface area contributed by atoms with Crippen LogP contribution >= 0.6 is 0 Å². The number of carbonyl (C=O) groups is 2. The fourth-order valence-electron chi connectivity index (χ4n) is 4.77. The van der Waals surface area contributed by atoms with E-state index in [9.17, 15) is 18.0 Å². The average molecular weight is 496 g/mol. The number of nitrogens with one attached hydrogen (secondary N) is 1. The smallest absolute Gasteiger partial charge is 0.257 e. The third kappa shape index (κ3) is 6.41. The third-order valence-corrected chi connectivity index (χ3v) is 7.34. The lowest BCUT2D eigenvalue weighted by Gasteiger charge is -2.37. The first kappa shape index (κ1) is 26.3. The van der Waals surface area contributed by atoms with Crippen molar-refractivity contribution in [2.45, 2.75) is 51.7 Å². The van der Waals surface area contributed by atoms with E-state index in [-0.39, 0.29) is 53.7 Å². The zero-order chi connectivity index (χ0) is 25.0. The van der Waals surface area contributed by atoms with Gasteiger partial charge in [-0.25, -0.2) is 8.42 Å². The molecule has 0 saturated heterocycles. The van der Waals surface area contributed by atoms with Crippen molar-refractivity contribution in [3.8, 4) is 5.75 Å². The molecule has 10 heteroatoms. The van der Waals surface area contributed by atoms with Gasteiger partial charge in [-0.15, -0.1) is 0 Å². The van der Waals surface area contributed by atoms with E-state index in [0.717, 1.165) is 31.9 Å². The third-order valence-electron chi connectivity index (χ3n) is 6.74. The minimum atomic E-state index is -3.51. The van der Waals surface area contributed by atoms with Crippen LogP contribution in [0, 0.1) is 11.8 Å². The molecule has 1 fully saturated rings. The van der Waals surface area contributed by atoms with Crippen LogP contribution in [0.15, 0.2) is 18.2 Å². The predicted octanol–water partition coefficient (Wildman–Crippen LogP) is 2.58. The molecular formula is C24H37N3O6S. The number of nitrogens with zero attached hydrogens (tertiary/aromatic N) is 2. The van der Waals surface area contributed by atoms with Crippen LogP contribution in [0.2, 0.25) is 0 Å². The molecular weight excluding hydrogens is 458 g/mol. The quantitative estimate of drug-likeness (QED) is 0.688. The van der Waals surface area contributed by atoms with E-state index in [1.54, 1.807) is 31.2 Å². The van der Waals surface area contributed by atoms with Gasteiger partial charge in [-0.05, 0) is 38.0 Å². The largest absolute Gasteiger partial charge is 0.491 e. The normalized spacial score (nSPS) is 25.2. The lowest BCUT2D eigenvalue weighted by molar-refractivity contribution is -0.139. The molecule has 1 aliphatic carbocycles. The SMILES string of the molecule is CO[C@H]1CN(C)C(=O)c2cc(NS(C)(=O)=O)ccc2OC[C@H](C)N(C(=O)C2CCCC2)C[C@H]1C. The zero-order valence-corrected chi connectivity index (χ0v) is 21.6. The van der Waals surface area contributed by atoms with Crippen molar-refractivity contribution in [1.82, 2.24) is 9.80 Å². The number of anilines is 1. The molecule has 9 nitrogen and oxygen atoms in total. The number of carbonyl (C=O) groups excluding carboxylic acids is 2. The van der Waals surface area contributed by atoms with E-state index in [1.165, 1.54) is 6.07 Å².